The Morgan fingerprint density at radius 2 is 1.85 bits per heavy atom. The molecule has 2 aromatic carbocycles. The van der Waals surface area contributed by atoms with Crippen LogP contribution in [0.25, 0.3) is 0 Å². The number of carbonyl (C=O) groups is 1. The molecule has 0 unspecified atom stereocenters. The molecule has 3 aromatic rings. The van der Waals surface area contributed by atoms with Crippen LogP contribution in [0.4, 0.5) is 17.6 Å². The van der Waals surface area contributed by atoms with Gasteiger partial charge < -0.3 is 0 Å². The Hall–Kier alpha value is -3.56. The Kier molecular flexibility index (Phi) is 5.25. The normalized spacial score (nSPS) is 11.5. The number of hydrogen-bond donors (Lipinski definition) is 1. The molecule has 0 radical (unpaired) electrons. The molecule has 10 heteroatoms. The first kappa shape index (κ1) is 18.2. The Morgan fingerprint density at radius 3 is 2.52 bits per heavy atom. The molecule has 0 aliphatic heterocycles. The Labute approximate surface area is 150 Å². The van der Waals surface area contributed by atoms with Crippen LogP contribution in [0.1, 0.15) is 15.9 Å². The minimum Gasteiger partial charge on any atom is -0.267 e. The van der Waals surface area contributed by atoms with Crippen molar-refractivity contribution < 1.29 is 22.4 Å². The second-order valence-corrected chi connectivity index (χ2v) is 5.35. The monoisotopic (exact) mass is 377 g/mol. The number of hydrogen-bond acceptors (Lipinski definition) is 4. The molecule has 1 amide bonds. The van der Waals surface area contributed by atoms with Crippen molar-refractivity contribution in [1.29, 1.82) is 0 Å². The van der Waals surface area contributed by atoms with E-state index < -0.39 is 34.7 Å². The molecule has 0 aliphatic carbocycles. The number of nitrogens with zero attached hydrogens (tertiary/aromatic N) is 4. The summed E-state index contributed by atoms with van der Waals surface area (Å²) in [5.74, 6) is -4.98. The van der Waals surface area contributed by atoms with E-state index in [1.54, 1.807) is 0 Å². The lowest BCUT2D eigenvalue weighted by Gasteiger charge is -2.09. The maximum absolute atomic E-state index is 13.7. The van der Waals surface area contributed by atoms with Crippen LogP contribution in [0.3, 0.4) is 0 Å². The second-order valence-electron chi connectivity index (χ2n) is 5.35. The first-order valence-electron chi connectivity index (χ1n) is 7.54. The number of benzene rings is 2. The van der Waals surface area contributed by atoms with Crippen LogP contribution in [0.2, 0.25) is 0 Å². The number of rotatable bonds is 5. The molecule has 1 aromatic heterocycles. The van der Waals surface area contributed by atoms with Crippen LogP contribution < -0.4 is 5.43 Å². The van der Waals surface area contributed by atoms with Gasteiger partial charge in [-0.1, -0.05) is 0 Å². The molecular weight excluding hydrogens is 366 g/mol. The zero-order chi connectivity index (χ0) is 19.4. The van der Waals surface area contributed by atoms with Gasteiger partial charge in [0.15, 0.2) is 11.6 Å². The highest BCUT2D eigenvalue weighted by atomic mass is 19.2. The molecule has 1 heterocycles. The summed E-state index contributed by atoms with van der Waals surface area (Å²) in [6.07, 6.45) is 2.62. The first-order chi connectivity index (χ1) is 12.9. The molecule has 0 atom stereocenters. The minimum absolute atomic E-state index is 0.0305. The van der Waals surface area contributed by atoms with Crippen molar-refractivity contribution in [3.05, 3.63) is 83.4 Å². The predicted octanol–water partition coefficient (Wildman–Crippen LogP) is 2.67. The van der Waals surface area contributed by atoms with Gasteiger partial charge in [0.1, 0.15) is 24.3 Å². The van der Waals surface area contributed by atoms with Crippen molar-refractivity contribution in [2.24, 2.45) is 5.10 Å². The van der Waals surface area contributed by atoms with Crippen molar-refractivity contribution in [2.75, 3.05) is 0 Å². The Bertz CT molecular complexity index is 1000. The quantitative estimate of drug-likeness (QED) is 0.422. The fourth-order valence-electron chi connectivity index (χ4n) is 2.19. The summed E-state index contributed by atoms with van der Waals surface area (Å²) >= 11 is 0. The zero-order valence-electron chi connectivity index (χ0n) is 13.5. The molecule has 1 N–H and O–H groups in total. The Balaban J connectivity index is 1.89. The molecule has 0 aliphatic rings. The maximum atomic E-state index is 13.7. The molecule has 27 heavy (non-hydrogen) atoms. The number of amides is 1. The van der Waals surface area contributed by atoms with Gasteiger partial charge in [0.2, 0.25) is 0 Å². The van der Waals surface area contributed by atoms with Gasteiger partial charge in [0.25, 0.3) is 5.91 Å². The molecule has 0 spiro atoms. The summed E-state index contributed by atoms with van der Waals surface area (Å²) in [6, 6.07) is 5.51. The van der Waals surface area contributed by atoms with Crippen LogP contribution in [0, 0.1) is 23.3 Å². The third-order valence-electron chi connectivity index (χ3n) is 3.50. The number of hydrazone groups is 1. The summed E-state index contributed by atoms with van der Waals surface area (Å²) in [7, 11) is 0. The average Bonchev–Trinajstić information content (AvgIpc) is 3.14. The van der Waals surface area contributed by atoms with E-state index in [0.29, 0.717) is 6.07 Å². The lowest BCUT2D eigenvalue weighted by molar-refractivity contribution is 0.0950. The fourth-order valence-corrected chi connectivity index (χ4v) is 2.19. The number of nitrogens with one attached hydrogen (secondary N) is 1. The summed E-state index contributed by atoms with van der Waals surface area (Å²) in [5.41, 5.74) is 1.97. The van der Waals surface area contributed by atoms with E-state index in [1.807, 2.05) is 0 Å². The maximum Gasteiger partial charge on any atom is 0.274 e. The second kappa shape index (κ2) is 7.77. The lowest BCUT2D eigenvalue weighted by atomic mass is 10.1. The van der Waals surface area contributed by atoms with E-state index in [9.17, 15) is 22.4 Å². The van der Waals surface area contributed by atoms with Gasteiger partial charge >= 0.3 is 0 Å². The molecular formula is C17H11F4N5O. The van der Waals surface area contributed by atoms with E-state index in [4.69, 9.17) is 0 Å². The molecule has 6 nitrogen and oxygen atoms in total. The van der Waals surface area contributed by atoms with Gasteiger partial charge in [-0.05, 0) is 30.3 Å². The smallest absolute Gasteiger partial charge is 0.267 e. The van der Waals surface area contributed by atoms with Crippen molar-refractivity contribution in [3.63, 3.8) is 0 Å². The highest BCUT2D eigenvalue weighted by Gasteiger charge is 2.14. The van der Waals surface area contributed by atoms with Crippen LogP contribution in [-0.4, -0.2) is 26.4 Å². The van der Waals surface area contributed by atoms with Gasteiger partial charge in [-0.25, -0.2) is 32.7 Å². The van der Waals surface area contributed by atoms with E-state index in [-0.39, 0.29) is 17.8 Å². The topological polar surface area (TPSA) is 72.2 Å². The number of aromatic nitrogens is 3. The molecule has 0 saturated carbocycles. The van der Waals surface area contributed by atoms with Crippen LogP contribution >= 0.6 is 0 Å². The van der Waals surface area contributed by atoms with Gasteiger partial charge in [0, 0.05) is 11.6 Å². The van der Waals surface area contributed by atoms with Crippen molar-refractivity contribution in [1.82, 2.24) is 20.2 Å². The predicted molar refractivity (Wildman–Crippen MR) is 86.7 cm³/mol. The van der Waals surface area contributed by atoms with Crippen molar-refractivity contribution in [2.45, 2.75) is 6.54 Å². The fraction of sp³-hybridized carbons (Fsp3) is 0.0588. The number of halogens is 4. The minimum atomic E-state index is -1.10. The summed E-state index contributed by atoms with van der Waals surface area (Å²) in [4.78, 5) is 15.8. The molecule has 3 rings (SSSR count). The SMILES string of the molecule is O=C(N/N=C(\Cn1cncn1)c1ccc(F)c(F)c1)c1ccc(F)cc1F. The third kappa shape index (κ3) is 4.35. The van der Waals surface area contributed by atoms with Gasteiger partial charge in [-0.15, -0.1) is 0 Å². The zero-order valence-corrected chi connectivity index (χ0v) is 13.5. The van der Waals surface area contributed by atoms with Gasteiger partial charge in [0.05, 0.1) is 17.8 Å². The third-order valence-corrected chi connectivity index (χ3v) is 3.50. The summed E-state index contributed by atoms with van der Waals surface area (Å²) in [6.45, 7) is -0.0305. The largest absolute Gasteiger partial charge is 0.274 e. The van der Waals surface area contributed by atoms with Crippen molar-refractivity contribution in [3.8, 4) is 0 Å². The highest BCUT2D eigenvalue weighted by Crippen LogP contribution is 2.12. The number of carbonyl (C=O) groups excluding carboxylic acids is 1. The molecule has 0 saturated heterocycles. The van der Waals surface area contributed by atoms with Crippen LogP contribution in [0.5, 0.6) is 0 Å². The van der Waals surface area contributed by atoms with Crippen LogP contribution in [0.15, 0.2) is 54.2 Å². The standard InChI is InChI=1S/C17H11F4N5O/c18-11-2-3-12(14(20)6-11)17(27)25-24-16(7-26-9-22-8-23-26)10-1-4-13(19)15(21)5-10/h1-6,8-9H,7H2,(H,25,27)/b24-16+. The summed E-state index contributed by atoms with van der Waals surface area (Å²) in [5, 5.41) is 7.73. The van der Waals surface area contributed by atoms with Gasteiger partial charge in [-0.3, -0.25) is 4.79 Å². The van der Waals surface area contributed by atoms with Crippen molar-refractivity contribution >= 4 is 11.6 Å². The van der Waals surface area contributed by atoms with Gasteiger partial charge in [-0.2, -0.15) is 10.2 Å². The lowest BCUT2D eigenvalue weighted by Crippen LogP contribution is -2.23. The summed E-state index contributed by atoms with van der Waals surface area (Å²) < 4.78 is 54.7. The Morgan fingerprint density at radius 1 is 1.04 bits per heavy atom. The van der Waals surface area contributed by atoms with E-state index in [0.717, 1.165) is 24.3 Å². The molecule has 0 fully saturated rings. The van der Waals surface area contributed by atoms with E-state index in [1.165, 1.54) is 23.4 Å². The first-order valence-corrected chi connectivity index (χ1v) is 7.54. The average molecular weight is 377 g/mol. The van der Waals surface area contributed by atoms with E-state index >= 15 is 0 Å². The highest BCUT2D eigenvalue weighted by molar-refractivity contribution is 6.02. The molecule has 138 valence electrons. The van der Waals surface area contributed by atoms with Crippen LogP contribution in [-0.2, 0) is 6.54 Å². The van der Waals surface area contributed by atoms with E-state index in [2.05, 4.69) is 20.6 Å². The molecule has 0 bridgehead atoms.